The van der Waals surface area contributed by atoms with Crippen molar-refractivity contribution in [2.75, 3.05) is 19.6 Å². The minimum absolute atomic E-state index is 0. The number of aromatic nitrogens is 2. The molecule has 1 aromatic carbocycles. The zero-order valence-electron chi connectivity index (χ0n) is 15.0. The molecule has 0 radical (unpaired) electrons. The van der Waals surface area contributed by atoms with E-state index in [0.717, 1.165) is 49.8 Å². The number of hydrogen-bond acceptors (Lipinski definition) is 2. The van der Waals surface area contributed by atoms with E-state index >= 15 is 0 Å². The van der Waals surface area contributed by atoms with Crippen LogP contribution in [0.25, 0.3) is 5.69 Å². The van der Waals surface area contributed by atoms with Gasteiger partial charge in [-0.05, 0) is 44.4 Å². The molecule has 0 aliphatic heterocycles. The molecule has 2 aromatic rings. The molecule has 2 N–H and O–H groups in total. The number of rotatable bonds is 8. The van der Waals surface area contributed by atoms with Crippen LogP contribution in [-0.4, -0.2) is 35.4 Å². The standard InChI is InChI=1S/C19H27N5.HI/c1-4-13-21-19(20-5-2)22-14-9-10-17-15-24(23-16(17)3)18-11-7-6-8-12-18;/h4,6-8,11-12,15H,1,5,9-10,13-14H2,2-3H3,(H2,20,21,22);1H. The molecule has 25 heavy (non-hydrogen) atoms. The molecule has 0 unspecified atom stereocenters. The molecular formula is C19H28IN5. The summed E-state index contributed by atoms with van der Waals surface area (Å²) in [5.74, 6) is 0.842. The molecule has 1 aromatic heterocycles. The molecule has 0 atom stereocenters. The molecule has 5 nitrogen and oxygen atoms in total. The lowest BCUT2D eigenvalue weighted by molar-refractivity contribution is 0.800. The Hall–Kier alpha value is -1.83. The van der Waals surface area contributed by atoms with Gasteiger partial charge in [0.15, 0.2) is 5.96 Å². The van der Waals surface area contributed by atoms with Gasteiger partial charge in [-0.15, -0.1) is 30.6 Å². The van der Waals surface area contributed by atoms with E-state index in [0.29, 0.717) is 0 Å². The molecule has 0 aliphatic carbocycles. The maximum absolute atomic E-state index is 4.61. The highest BCUT2D eigenvalue weighted by Gasteiger charge is 2.06. The van der Waals surface area contributed by atoms with E-state index in [9.17, 15) is 0 Å². The average Bonchev–Trinajstić information content (AvgIpc) is 2.98. The number of hydrogen-bond donors (Lipinski definition) is 2. The number of guanidine groups is 1. The summed E-state index contributed by atoms with van der Waals surface area (Å²) in [6, 6.07) is 10.2. The zero-order valence-corrected chi connectivity index (χ0v) is 17.4. The van der Waals surface area contributed by atoms with E-state index < -0.39 is 0 Å². The Morgan fingerprint density at radius 3 is 2.72 bits per heavy atom. The van der Waals surface area contributed by atoms with Crippen LogP contribution in [0.3, 0.4) is 0 Å². The van der Waals surface area contributed by atoms with Crippen molar-refractivity contribution >= 4 is 29.9 Å². The van der Waals surface area contributed by atoms with Crippen molar-refractivity contribution in [1.29, 1.82) is 0 Å². The van der Waals surface area contributed by atoms with Crippen molar-refractivity contribution in [2.45, 2.75) is 26.7 Å². The van der Waals surface area contributed by atoms with E-state index in [4.69, 9.17) is 0 Å². The third kappa shape index (κ3) is 6.89. The number of aliphatic imine (C=N–C) groups is 1. The molecule has 1 heterocycles. The molecule has 0 fully saturated rings. The Labute approximate surface area is 167 Å². The number of halogens is 1. The third-order valence-corrected chi connectivity index (χ3v) is 3.65. The first-order chi connectivity index (χ1) is 11.7. The van der Waals surface area contributed by atoms with Crippen LogP contribution in [0, 0.1) is 6.92 Å². The van der Waals surface area contributed by atoms with Crippen molar-refractivity contribution in [3.8, 4) is 5.69 Å². The maximum atomic E-state index is 4.61. The maximum Gasteiger partial charge on any atom is 0.191 e. The third-order valence-electron chi connectivity index (χ3n) is 3.65. The molecular weight excluding hydrogens is 425 g/mol. The lowest BCUT2D eigenvalue weighted by Gasteiger charge is -2.09. The smallest absolute Gasteiger partial charge is 0.191 e. The number of benzene rings is 1. The summed E-state index contributed by atoms with van der Waals surface area (Å²) in [5, 5.41) is 11.0. The van der Waals surface area contributed by atoms with E-state index in [1.54, 1.807) is 0 Å². The monoisotopic (exact) mass is 453 g/mol. The average molecular weight is 453 g/mol. The van der Waals surface area contributed by atoms with E-state index in [2.05, 4.69) is 59.5 Å². The first-order valence-electron chi connectivity index (χ1n) is 8.48. The minimum atomic E-state index is 0. The van der Waals surface area contributed by atoms with Crippen LogP contribution >= 0.6 is 24.0 Å². The van der Waals surface area contributed by atoms with Crippen LogP contribution in [0.4, 0.5) is 0 Å². The van der Waals surface area contributed by atoms with Crippen LogP contribution in [0.15, 0.2) is 54.2 Å². The summed E-state index contributed by atoms with van der Waals surface area (Å²) in [6.07, 6.45) is 5.92. The van der Waals surface area contributed by atoms with Crippen LogP contribution in [0.2, 0.25) is 0 Å². The van der Waals surface area contributed by atoms with Gasteiger partial charge in [-0.25, -0.2) is 4.68 Å². The Morgan fingerprint density at radius 1 is 1.28 bits per heavy atom. The predicted molar refractivity (Wildman–Crippen MR) is 116 cm³/mol. The van der Waals surface area contributed by atoms with Gasteiger partial charge in [-0.1, -0.05) is 24.3 Å². The highest BCUT2D eigenvalue weighted by Crippen LogP contribution is 2.13. The molecule has 0 saturated carbocycles. The van der Waals surface area contributed by atoms with E-state index in [1.165, 1.54) is 5.56 Å². The highest BCUT2D eigenvalue weighted by atomic mass is 127. The predicted octanol–water partition coefficient (Wildman–Crippen LogP) is 3.47. The van der Waals surface area contributed by atoms with Gasteiger partial charge in [0.2, 0.25) is 0 Å². The number of nitrogens with zero attached hydrogens (tertiary/aromatic N) is 3. The molecule has 0 bridgehead atoms. The highest BCUT2D eigenvalue weighted by molar-refractivity contribution is 14.0. The lowest BCUT2D eigenvalue weighted by atomic mass is 10.1. The Kier molecular flexibility index (Phi) is 9.91. The number of aryl methyl sites for hydroxylation is 2. The summed E-state index contributed by atoms with van der Waals surface area (Å²) >= 11 is 0. The number of nitrogens with one attached hydrogen (secondary N) is 2. The van der Waals surface area contributed by atoms with Crippen LogP contribution in [0.1, 0.15) is 24.6 Å². The molecule has 0 amide bonds. The fraction of sp³-hybridized carbons (Fsp3) is 0.368. The van der Waals surface area contributed by atoms with Crippen molar-refractivity contribution in [3.05, 3.63) is 60.4 Å². The van der Waals surface area contributed by atoms with Gasteiger partial charge in [-0.2, -0.15) is 5.10 Å². The van der Waals surface area contributed by atoms with Crippen LogP contribution < -0.4 is 10.6 Å². The topological polar surface area (TPSA) is 54.2 Å². The minimum Gasteiger partial charge on any atom is -0.357 e. The summed E-state index contributed by atoms with van der Waals surface area (Å²) in [6.45, 7) is 10.2. The van der Waals surface area contributed by atoms with Gasteiger partial charge in [0.05, 0.1) is 11.4 Å². The van der Waals surface area contributed by atoms with Crippen LogP contribution in [0.5, 0.6) is 0 Å². The quantitative estimate of drug-likeness (QED) is 0.212. The van der Waals surface area contributed by atoms with Gasteiger partial charge < -0.3 is 10.6 Å². The molecule has 6 heteroatoms. The van der Waals surface area contributed by atoms with Crippen molar-refractivity contribution in [2.24, 2.45) is 4.99 Å². The molecule has 0 spiro atoms. The summed E-state index contributed by atoms with van der Waals surface area (Å²) in [7, 11) is 0. The summed E-state index contributed by atoms with van der Waals surface area (Å²) in [5.41, 5.74) is 3.45. The van der Waals surface area contributed by atoms with Gasteiger partial charge in [0.1, 0.15) is 0 Å². The van der Waals surface area contributed by atoms with E-state index in [1.807, 2.05) is 29.0 Å². The summed E-state index contributed by atoms with van der Waals surface area (Å²) in [4.78, 5) is 4.58. The molecule has 0 aliphatic rings. The fourth-order valence-electron chi connectivity index (χ4n) is 2.43. The molecule has 2 rings (SSSR count). The van der Waals surface area contributed by atoms with Crippen molar-refractivity contribution in [3.63, 3.8) is 0 Å². The SMILES string of the molecule is C=CCNC(=NCCCc1cn(-c2ccccc2)nc1C)NCC.I. The Morgan fingerprint density at radius 2 is 2.04 bits per heavy atom. The largest absolute Gasteiger partial charge is 0.357 e. The second-order valence-corrected chi connectivity index (χ2v) is 5.55. The second kappa shape index (κ2) is 11.7. The lowest BCUT2D eigenvalue weighted by Crippen LogP contribution is -2.37. The normalized spacial score (nSPS) is 10.9. The van der Waals surface area contributed by atoms with Gasteiger partial charge in [-0.3, -0.25) is 4.99 Å². The first kappa shape index (κ1) is 21.2. The van der Waals surface area contributed by atoms with Gasteiger partial charge in [0.25, 0.3) is 0 Å². The van der Waals surface area contributed by atoms with E-state index in [-0.39, 0.29) is 24.0 Å². The first-order valence-corrected chi connectivity index (χ1v) is 8.48. The van der Waals surface area contributed by atoms with Crippen molar-refractivity contribution in [1.82, 2.24) is 20.4 Å². The van der Waals surface area contributed by atoms with Crippen molar-refractivity contribution < 1.29 is 0 Å². The summed E-state index contributed by atoms with van der Waals surface area (Å²) < 4.78 is 1.95. The Bertz CT molecular complexity index is 664. The zero-order chi connectivity index (χ0) is 17.2. The molecule has 136 valence electrons. The Balaban J connectivity index is 0.00000312. The fourth-order valence-corrected chi connectivity index (χ4v) is 2.43. The van der Waals surface area contributed by atoms with Gasteiger partial charge >= 0.3 is 0 Å². The molecule has 0 saturated heterocycles. The second-order valence-electron chi connectivity index (χ2n) is 5.55. The van der Waals surface area contributed by atoms with Crippen LogP contribution in [-0.2, 0) is 6.42 Å². The number of para-hydroxylation sites is 1. The van der Waals surface area contributed by atoms with Gasteiger partial charge in [0, 0.05) is 25.8 Å².